The van der Waals surface area contributed by atoms with E-state index in [9.17, 15) is 4.79 Å². The summed E-state index contributed by atoms with van der Waals surface area (Å²) < 4.78 is 5.58. The van der Waals surface area contributed by atoms with Gasteiger partial charge in [0.2, 0.25) is 0 Å². The minimum Gasteiger partial charge on any atom is -0.399 e. The van der Waals surface area contributed by atoms with E-state index in [4.69, 9.17) is 10.5 Å². The van der Waals surface area contributed by atoms with Crippen molar-refractivity contribution in [3.63, 3.8) is 0 Å². The van der Waals surface area contributed by atoms with Gasteiger partial charge in [0.05, 0.1) is 12.7 Å². The van der Waals surface area contributed by atoms with Crippen LogP contribution >= 0.6 is 0 Å². The molecule has 1 aliphatic heterocycles. The van der Waals surface area contributed by atoms with E-state index < -0.39 is 0 Å². The molecule has 1 aromatic rings. The molecule has 1 heterocycles. The fourth-order valence-corrected chi connectivity index (χ4v) is 2.25. The van der Waals surface area contributed by atoms with Crippen molar-refractivity contribution in [3.05, 3.63) is 29.3 Å². The predicted octanol–water partition coefficient (Wildman–Crippen LogP) is 1.83. The van der Waals surface area contributed by atoms with Gasteiger partial charge in [0.1, 0.15) is 0 Å². The van der Waals surface area contributed by atoms with Gasteiger partial charge in [0.25, 0.3) is 5.91 Å². The van der Waals surface area contributed by atoms with Crippen LogP contribution < -0.4 is 5.73 Å². The predicted molar refractivity (Wildman–Crippen MR) is 71.5 cm³/mol. The van der Waals surface area contributed by atoms with Crippen LogP contribution in [0.25, 0.3) is 0 Å². The van der Waals surface area contributed by atoms with Crippen LogP contribution in [-0.2, 0) is 4.74 Å². The Hall–Kier alpha value is -1.55. The topological polar surface area (TPSA) is 55.6 Å². The first kappa shape index (κ1) is 12.9. The van der Waals surface area contributed by atoms with Crippen LogP contribution in [0.4, 0.5) is 5.69 Å². The molecular weight excluding hydrogens is 228 g/mol. The molecule has 2 rings (SSSR count). The van der Waals surface area contributed by atoms with Gasteiger partial charge in [0.15, 0.2) is 0 Å². The Morgan fingerprint density at radius 3 is 3.00 bits per heavy atom. The van der Waals surface area contributed by atoms with E-state index in [2.05, 4.69) is 6.92 Å². The Kier molecular flexibility index (Phi) is 3.87. The van der Waals surface area contributed by atoms with Gasteiger partial charge >= 0.3 is 0 Å². The first-order chi connectivity index (χ1) is 8.61. The highest BCUT2D eigenvalue weighted by Gasteiger charge is 2.24. The van der Waals surface area contributed by atoms with Crippen LogP contribution in [0.5, 0.6) is 0 Å². The number of nitrogens with two attached hydrogens (primary N) is 1. The van der Waals surface area contributed by atoms with Gasteiger partial charge < -0.3 is 15.4 Å². The maximum Gasteiger partial charge on any atom is 0.254 e. The van der Waals surface area contributed by atoms with E-state index in [1.54, 1.807) is 6.07 Å². The monoisotopic (exact) mass is 248 g/mol. The first-order valence-electron chi connectivity index (χ1n) is 6.38. The van der Waals surface area contributed by atoms with E-state index in [-0.39, 0.29) is 12.0 Å². The summed E-state index contributed by atoms with van der Waals surface area (Å²) in [5.74, 6) is 0.0780. The van der Waals surface area contributed by atoms with Crippen molar-refractivity contribution in [1.82, 2.24) is 4.90 Å². The van der Waals surface area contributed by atoms with Crippen LogP contribution in [0.3, 0.4) is 0 Å². The third kappa shape index (κ3) is 2.64. The highest BCUT2D eigenvalue weighted by molar-refractivity contribution is 5.96. The standard InChI is InChI=1S/C14H20N2O2/c1-3-12-9-16(6-7-18-12)14(17)13-5-4-11(15)8-10(13)2/h4-5,8,12H,3,6-7,9,15H2,1-2H3. The quantitative estimate of drug-likeness (QED) is 0.812. The zero-order chi connectivity index (χ0) is 13.1. The average molecular weight is 248 g/mol. The molecule has 18 heavy (non-hydrogen) atoms. The Bertz CT molecular complexity index is 445. The number of hydrogen-bond donors (Lipinski definition) is 1. The number of aryl methyl sites for hydroxylation is 1. The summed E-state index contributed by atoms with van der Waals surface area (Å²) in [6, 6.07) is 5.42. The van der Waals surface area contributed by atoms with Crippen molar-refractivity contribution in [2.75, 3.05) is 25.4 Å². The normalized spacial score (nSPS) is 19.9. The summed E-state index contributed by atoms with van der Waals surface area (Å²) in [7, 11) is 0. The Balaban J connectivity index is 2.15. The van der Waals surface area contributed by atoms with Gasteiger partial charge in [0, 0.05) is 24.3 Å². The highest BCUT2D eigenvalue weighted by Crippen LogP contribution is 2.17. The van der Waals surface area contributed by atoms with Crippen LogP contribution in [0.1, 0.15) is 29.3 Å². The van der Waals surface area contributed by atoms with Crippen LogP contribution in [0.2, 0.25) is 0 Å². The van der Waals surface area contributed by atoms with E-state index >= 15 is 0 Å². The molecular formula is C14H20N2O2. The highest BCUT2D eigenvalue weighted by atomic mass is 16.5. The lowest BCUT2D eigenvalue weighted by Gasteiger charge is -2.32. The van der Waals surface area contributed by atoms with Gasteiger partial charge in [-0.1, -0.05) is 6.92 Å². The van der Waals surface area contributed by atoms with Gasteiger partial charge in [-0.15, -0.1) is 0 Å². The SMILES string of the molecule is CCC1CN(C(=O)c2ccc(N)cc2C)CCO1. The van der Waals surface area contributed by atoms with Crippen molar-refractivity contribution in [1.29, 1.82) is 0 Å². The number of nitrogens with zero attached hydrogens (tertiary/aromatic N) is 1. The second-order valence-corrected chi connectivity index (χ2v) is 4.73. The number of amides is 1. The number of morpholine rings is 1. The Labute approximate surface area is 108 Å². The molecule has 0 saturated carbocycles. The van der Waals surface area contributed by atoms with Crippen molar-refractivity contribution in [2.24, 2.45) is 0 Å². The second-order valence-electron chi connectivity index (χ2n) is 4.73. The van der Waals surface area contributed by atoms with Crippen molar-refractivity contribution in [2.45, 2.75) is 26.4 Å². The number of hydrogen-bond acceptors (Lipinski definition) is 3. The Morgan fingerprint density at radius 2 is 2.33 bits per heavy atom. The molecule has 1 atom stereocenters. The van der Waals surface area contributed by atoms with E-state index in [1.807, 2.05) is 24.0 Å². The number of anilines is 1. The molecule has 4 nitrogen and oxygen atoms in total. The number of ether oxygens (including phenoxy) is 1. The van der Waals surface area contributed by atoms with Crippen molar-refractivity contribution >= 4 is 11.6 Å². The van der Waals surface area contributed by atoms with Crippen LogP contribution in [0.15, 0.2) is 18.2 Å². The molecule has 0 aromatic heterocycles. The molecule has 1 amide bonds. The first-order valence-corrected chi connectivity index (χ1v) is 6.38. The van der Waals surface area contributed by atoms with E-state index in [0.29, 0.717) is 25.4 Å². The van der Waals surface area contributed by atoms with E-state index in [1.165, 1.54) is 0 Å². The van der Waals surface area contributed by atoms with Crippen LogP contribution in [-0.4, -0.2) is 36.6 Å². The van der Waals surface area contributed by atoms with Gasteiger partial charge in [-0.2, -0.15) is 0 Å². The van der Waals surface area contributed by atoms with Gasteiger partial charge in [-0.3, -0.25) is 4.79 Å². The molecule has 1 aromatic carbocycles. The fourth-order valence-electron chi connectivity index (χ4n) is 2.25. The summed E-state index contributed by atoms with van der Waals surface area (Å²) >= 11 is 0. The Morgan fingerprint density at radius 1 is 1.56 bits per heavy atom. The third-order valence-corrected chi connectivity index (χ3v) is 3.36. The molecule has 0 spiro atoms. The lowest BCUT2D eigenvalue weighted by Crippen LogP contribution is -2.45. The largest absolute Gasteiger partial charge is 0.399 e. The molecule has 1 aliphatic rings. The molecule has 4 heteroatoms. The molecule has 0 aliphatic carbocycles. The molecule has 1 unspecified atom stereocenters. The molecule has 2 N–H and O–H groups in total. The van der Waals surface area contributed by atoms with Crippen molar-refractivity contribution < 1.29 is 9.53 Å². The number of rotatable bonds is 2. The summed E-state index contributed by atoms with van der Waals surface area (Å²) in [5, 5.41) is 0. The maximum absolute atomic E-state index is 12.4. The van der Waals surface area contributed by atoms with Gasteiger partial charge in [-0.25, -0.2) is 0 Å². The number of carbonyl (C=O) groups excluding carboxylic acids is 1. The number of benzene rings is 1. The summed E-state index contributed by atoms with van der Waals surface area (Å²) in [5.41, 5.74) is 8.06. The number of carbonyl (C=O) groups is 1. The molecule has 0 bridgehead atoms. The second kappa shape index (κ2) is 5.40. The lowest BCUT2D eigenvalue weighted by atomic mass is 10.1. The minimum atomic E-state index is 0.0780. The maximum atomic E-state index is 12.4. The molecule has 98 valence electrons. The fraction of sp³-hybridized carbons (Fsp3) is 0.500. The number of nitrogen functional groups attached to an aromatic ring is 1. The van der Waals surface area contributed by atoms with Crippen LogP contribution in [0, 0.1) is 6.92 Å². The molecule has 1 saturated heterocycles. The lowest BCUT2D eigenvalue weighted by molar-refractivity contribution is -0.0226. The minimum absolute atomic E-state index is 0.0780. The smallest absolute Gasteiger partial charge is 0.254 e. The summed E-state index contributed by atoms with van der Waals surface area (Å²) in [6.07, 6.45) is 1.10. The molecule has 1 fully saturated rings. The third-order valence-electron chi connectivity index (χ3n) is 3.36. The molecule has 0 radical (unpaired) electrons. The summed E-state index contributed by atoms with van der Waals surface area (Å²) in [6.45, 7) is 5.96. The zero-order valence-electron chi connectivity index (χ0n) is 11.0. The van der Waals surface area contributed by atoms with Gasteiger partial charge in [-0.05, 0) is 37.1 Å². The zero-order valence-corrected chi connectivity index (χ0v) is 11.0. The average Bonchev–Trinajstić information content (AvgIpc) is 2.38. The van der Waals surface area contributed by atoms with E-state index in [0.717, 1.165) is 17.5 Å². The van der Waals surface area contributed by atoms with Crippen molar-refractivity contribution in [3.8, 4) is 0 Å². The summed E-state index contributed by atoms with van der Waals surface area (Å²) in [4.78, 5) is 14.3.